The summed E-state index contributed by atoms with van der Waals surface area (Å²) in [6, 6.07) is -0.248. The highest BCUT2D eigenvalue weighted by Gasteiger charge is 2.33. The second-order valence-electron chi connectivity index (χ2n) is 5.99. The number of likely N-dealkylation sites (tertiary alicyclic amines) is 1. The highest BCUT2D eigenvalue weighted by Crippen LogP contribution is 2.24. The van der Waals surface area contributed by atoms with Gasteiger partial charge in [0.1, 0.15) is 5.60 Å². The number of hydrogen-bond acceptors (Lipinski definition) is 4. The molecular weight excluding hydrogens is 326 g/mol. The number of hydrogen-bond donors (Lipinski definition) is 1. The maximum Gasteiger partial charge on any atom is 0.410 e. The van der Waals surface area contributed by atoms with Gasteiger partial charge < -0.3 is 14.7 Å². The topological polar surface area (TPSA) is 67.6 Å². The molecule has 1 aliphatic heterocycles. The summed E-state index contributed by atoms with van der Waals surface area (Å²) in [5.74, 6) is 0. The van der Waals surface area contributed by atoms with Crippen molar-refractivity contribution in [2.45, 2.75) is 44.9 Å². The number of aliphatic hydroxyl groups is 1. The van der Waals surface area contributed by atoms with E-state index in [1.54, 1.807) is 22.0 Å². The quantitative estimate of drug-likeness (QED) is 0.847. The monoisotopic (exact) mass is 345 g/mol. The third kappa shape index (κ3) is 3.73. The summed E-state index contributed by atoms with van der Waals surface area (Å²) in [4.78, 5) is 13.7. The van der Waals surface area contributed by atoms with E-state index in [1.165, 1.54) is 0 Å². The number of carbonyl (C=O) groups excluding carboxylic acids is 1. The number of ether oxygens (including phenoxy) is 1. The van der Waals surface area contributed by atoms with Gasteiger partial charge in [-0.2, -0.15) is 5.10 Å². The van der Waals surface area contributed by atoms with Crippen LogP contribution < -0.4 is 0 Å². The molecule has 0 saturated carbocycles. The van der Waals surface area contributed by atoms with Gasteiger partial charge in [-0.15, -0.1) is 0 Å². The Kier molecular flexibility index (Phi) is 4.39. The first-order valence-corrected chi connectivity index (χ1v) is 7.41. The van der Waals surface area contributed by atoms with E-state index in [4.69, 9.17) is 4.74 Å². The van der Waals surface area contributed by atoms with E-state index < -0.39 is 11.7 Å². The normalized spacial score (nSPS) is 23.8. The van der Waals surface area contributed by atoms with Crippen LogP contribution in [-0.4, -0.2) is 50.7 Å². The Morgan fingerprint density at radius 1 is 1.55 bits per heavy atom. The molecule has 1 aromatic rings. The molecule has 2 heterocycles. The van der Waals surface area contributed by atoms with E-state index in [9.17, 15) is 9.90 Å². The van der Waals surface area contributed by atoms with Crippen LogP contribution in [0, 0.1) is 0 Å². The van der Waals surface area contributed by atoms with Crippen molar-refractivity contribution in [3.8, 4) is 0 Å². The van der Waals surface area contributed by atoms with Crippen LogP contribution in [0.3, 0.4) is 0 Å². The Labute approximate surface area is 126 Å². The molecule has 7 heteroatoms. The zero-order valence-corrected chi connectivity index (χ0v) is 13.5. The predicted molar refractivity (Wildman–Crippen MR) is 77.4 cm³/mol. The summed E-state index contributed by atoms with van der Waals surface area (Å²) in [5.41, 5.74) is -0.516. The SMILES string of the molecule is CC(C)(C)OC(=O)N1CC[C@@H](O)[C@H](n2cc(Br)cn2)C1. The minimum atomic E-state index is -0.516. The molecule has 20 heavy (non-hydrogen) atoms. The first kappa shape index (κ1) is 15.3. The second kappa shape index (κ2) is 5.73. The molecule has 1 amide bonds. The van der Waals surface area contributed by atoms with Crippen LogP contribution >= 0.6 is 15.9 Å². The number of nitrogens with zero attached hydrogens (tertiary/aromatic N) is 3. The summed E-state index contributed by atoms with van der Waals surface area (Å²) >= 11 is 3.33. The number of halogens is 1. The lowest BCUT2D eigenvalue weighted by molar-refractivity contribution is -0.00747. The molecule has 1 aromatic heterocycles. The molecule has 0 bridgehead atoms. The maximum atomic E-state index is 12.1. The molecule has 0 radical (unpaired) electrons. The van der Waals surface area contributed by atoms with Crippen LogP contribution in [0.2, 0.25) is 0 Å². The summed E-state index contributed by atoms with van der Waals surface area (Å²) < 4.78 is 7.90. The van der Waals surface area contributed by atoms with E-state index in [0.29, 0.717) is 19.5 Å². The van der Waals surface area contributed by atoms with Gasteiger partial charge >= 0.3 is 6.09 Å². The predicted octanol–water partition coefficient (Wildman–Crippen LogP) is 2.19. The van der Waals surface area contributed by atoms with Crippen molar-refractivity contribution in [3.63, 3.8) is 0 Å². The summed E-state index contributed by atoms with van der Waals surface area (Å²) in [6.45, 7) is 6.41. The molecule has 1 N–H and O–H groups in total. The zero-order chi connectivity index (χ0) is 14.9. The Morgan fingerprint density at radius 3 is 2.80 bits per heavy atom. The van der Waals surface area contributed by atoms with E-state index >= 15 is 0 Å². The van der Waals surface area contributed by atoms with Crippen LogP contribution in [-0.2, 0) is 4.74 Å². The Hall–Kier alpha value is -1.08. The summed E-state index contributed by atoms with van der Waals surface area (Å²) in [7, 11) is 0. The summed E-state index contributed by atoms with van der Waals surface area (Å²) in [5, 5.41) is 14.3. The average Bonchev–Trinajstić information content (AvgIpc) is 2.74. The third-order valence-corrected chi connectivity index (χ3v) is 3.52. The van der Waals surface area contributed by atoms with Gasteiger partial charge in [-0.1, -0.05) is 0 Å². The molecule has 2 atom stereocenters. The number of aromatic nitrogens is 2. The van der Waals surface area contributed by atoms with Crippen molar-refractivity contribution in [2.75, 3.05) is 13.1 Å². The van der Waals surface area contributed by atoms with E-state index in [2.05, 4.69) is 21.0 Å². The first-order valence-electron chi connectivity index (χ1n) is 6.62. The molecule has 0 aliphatic carbocycles. The van der Waals surface area contributed by atoms with Crippen LogP contribution in [0.25, 0.3) is 0 Å². The van der Waals surface area contributed by atoms with E-state index in [1.807, 2.05) is 20.8 Å². The lowest BCUT2D eigenvalue weighted by atomic mass is 10.0. The second-order valence-corrected chi connectivity index (χ2v) is 6.90. The molecule has 0 aromatic carbocycles. The molecule has 0 unspecified atom stereocenters. The smallest absolute Gasteiger partial charge is 0.410 e. The number of amides is 1. The minimum Gasteiger partial charge on any atom is -0.444 e. The van der Waals surface area contributed by atoms with Crippen LogP contribution in [0.1, 0.15) is 33.2 Å². The van der Waals surface area contributed by atoms with E-state index in [0.717, 1.165) is 4.47 Å². The van der Waals surface area contributed by atoms with Crippen molar-refractivity contribution in [3.05, 3.63) is 16.9 Å². The van der Waals surface area contributed by atoms with Crippen LogP contribution in [0.15, 0.2) is 16.9 Å². The van der Waals surface area contributed by atoms with Crippen molar-refractivity contribution in [2.24, 2.45) is 0 Å². The highest BCUT2D eigenvalue weighted by atomic mass is 79.9. The van der Waals surface area contributed by atoms with Gasteiger partial charge in [-0.3, -0.25) is 4.68 Å². The first-order chi connectivity index (χ1) is 9.26. The average molecular weight is 346 g/mol. The Balaban J connectivity index is 2.06. The standard InChI is InChI=1S/C13H20BrN3O3/c1-13(2,3)20-12(19)16-5-4-11(18)10(8-16)17-7-9(14)6-15-17/h6-7,10-11,18H,4-5,8H2,1-3H3/t10-,11-/m1/s1. The van der Waals surface area contributed by atoms with E-state index in [-0.39, 0.29) is 12.1 Å². The van der Waals surface area contributed by atoms with Crippen LogP contribution in [0.5, 0.6) is 0 Å². The fourth-order valence-corrected chi connectivity index (χ4v) is 2.47. The van der Waals surface area contributed by atoms with Gasteiger partial charge in [-0.05, 0) is 43.1 Å². The maximum absolute atomic E-state index is 12.1. The van der Waals surface area contributed by atoms with Crippen LogP contribution in [0.4, 0.5) is 4.79 Å². The molecule has 2 rings (SSSR count). The van der Waals surface area contributed by atoms with Crippen molar-refractivity contribution < 1.29 is 14.6 Å². The number of carbonyl (C=O) groups is 1. The molecule has 1 fully saturated rings. The highest BCUT2D eigenvalue weighted by molar-refractivity contribution is 9.10. The van der Waals surface area contributed by atoms with Gasteiger partial charge in [0.05, 0.1) is 22.8 Å². The third-order valence-electron chi connectivity index (χ3n) is 3.11. The number of rotatable bonds is 1. The van der Waals surface area contributed by atoms with Gasteiger partial charge in [0, 0.05) is 19.3 Å². The molecule has 0 spiro atoms. The van der Waals surface area contributed by atoms with Gasteiger partial charge in [-0.25, -0.2) is 4.79 Å². The molecule has 112 valence electrons. The van der Waals surface area contributed by atoms with Gasteiger partial charge in [0.2, 0.25) is 0 Å². The largest absolute Gasteiger partial charge is 0.444 e. The minimum absolute atomic E-state index is 0.248. The van der Waals surface area contributed by atoms with Crippen molar-refractivity contribution >= 4 is 22.0 Å². The number of piperidine rings is 1. The van der Waals surface area contributed by atoms with Gasteiger partial charge in [0.15, 0.2) is 0 Å². The summed E-state index contributed by atoms with van der Waals surface area (Å²) in [6.07, 6.45) is 3.12. The molecule has 1 saturated heterocycles. The molecule has 1 aliphatic rings. The lowest BCUT2D eigenvalue weighted by Gasteiger charge is -2.36. The number of aliphatic hydroxyl groups excluding tert-OH is 1. The van der Waals surface area contributed by atoms with Crippen molar-refractivity contribution in [1.29, 1.82) is 0 Å². The Morgan fingerprint density at radius 2 is 2.25 bits per heavy atom. The fraction of sp³-hybridized carbons (Fsp3) is 0.692. The lowest BCUT2D eigenvalue weighted by Crippen LogP contribution is -2.48. The van der Waals surface area contributed by atoms with Gasteiger partial charge in [0.25, 0.3) is 0 Å². The fourth-order valence-electron chi connectivity index (χ4n) is 2.17. The van der Waals surface area contributed by atoms with Crippen molar-refractivity contribution in [1.82, 2.24) is 14.7 Å². The Bertz CT molecular complexity index is 483. The molecule has 6 nitrogen and oxygen atoms in total. The zero-order valence-electron chi connectivity index (χ0n) is 11.9. The molecular formula is C13H20BrN3O3.